The van der Waals surface area contributed by atoms with Crippen molar-refractivity contribution in [1.82, 2.24) is 9.97 Å². The zero-order valence-electron chi connectivity index (χ0n) is 15.6. The lowest BCUT2D eigenvalue weighted by Crippen LogP contribution is -2.15. The van der Waals surface area contributed by atoms with Gasteiger partial charge in [-0.15, -0.1) is 0 Å². The molecule has 5 nitrogen and oxygen atoms in total. The second-order valence-electron chi connectivity index (χ2n) is 6.29. The number of benzene rings is 1. The maximum absolute atomic E-state index is 13.3. The lowest BCUT2D eigenvalue weighted by Gasteiger charge is -2.17. The first-order valence-electron chi connectivity index (χ1n) is 8.50. The van der Waals surface area contributed by atoms with E-state index in [0.717, 1.165) is 12.1 Å². The number of rotatable bonds is 4. The summed E-state index contributed by atoms with van der Waals surface area (Å²) in [6.45, 7) is 3.13. The normalized spacial score (nSPS) is 11.3. The fraction of sp³-hybridized carbons (Fsp3) is 0.150. The molecule has 1 aromatic carbocycles. The van der Waals surface area contributed by atoms with Gasteiger partial charge in [0.05, 0.1) is 21.8 Å². The molecule has 1 amide bonds. The van der Waals surface area contributed by atoms with Crippen LogP contribution in [-0.4, -0.2) is 15.9 Å². The number of pyridine rings is 2. The van der Waals surface area contributed by atoms with Crippen LogP contribution in [0.5, 0.6) is 11.5 Å². The molecule has 2 heterocycles. The van der Waals surface area contributed by atoms with Crippen molar-refractivity contribution in [2.24, 2.45) is 0 Å². The largest absolute Gasteiger partial charge is 0.455 e. The van der Waals surface area contributed by atoms with Crippen molar-refractivity contribution < 1.29 is 27.1 Å². The molecule has 0 atom stereocenters. The number of carbonyl (C=O) groups is 1. The first-order valence-corrected chi connectivity index (χ1v) is 8.88. The Kier molecular flexibility index (Phi) is 5.93. The Labute approximate surface area is 173 Å². The highest BCUT2D eigenvalue weighted by molar-refractivity contribution is 6.32. The van der Waals surface area contributed by atoms with E-state index in [1.54, 1.807) is 13.0 Å². The Hall–Kier alpha value is -3.20. The van der Waals surface area contributed by atoms with Crippen LogP contribution in [0.15, 0.2) is 42.6 Å². The van der Waals surface area contributed by atoms with Gasteiger partial charge in [-0.3, -0.25) is 9.78 Å². The highest BCUT2D eigenvalue weighted by atomic mass is 35.5. The standard InChI is InChI=1S/C20H14ClF4N3O2/c1-10-7-12(5-6-26-10)28-19(29)13-8-15(21)14(20(23,24)25)9-17(13)30-16-3-4-18(22)27-11(16)2/h3-9H,1-2H3,(H,26,28,29). The average Bonchev–Trinajstić information content (AvgIpc) is 2.64. The SMILES string of the molecule is Cc1cc(NC(=O)c2cc(Cl)c(C(F)(F)F)cc2Oc2ccc(F)nc2C)ccn1. The Bertz CT molecular complexity index is 1120. The Balaban J connectivity index is 2.06. The highest BCUT2D eigenvalue weighted by Gasteiger charge is 2.35. The first-order chi connectivity index (χ1) is 14.0. The summed E-state index contributed by atoms with van der Waals surface area (Å²) in [5, 5.41) is 1.89. The van der Waals surface area contributed by atoms with E-state index in [2.05, 4.69) is 15.3 Å². The molecule has 0 unspecified atom stereocenters. The van der Waals surface area contributed by atoms with Crippen molar-refractivity contribution in [1.29, 1.82) is 0 Å². The molecule has 30 heavy (non-hydrogen) atoms. The van der Waals surface area contributed by atoms with Gasteiger partial charge in [-0.05, 0) is 50.2 Å². The van der Waals surface area contributed by atoms with E-state index in [1.807, 2.05) is 0 Å². The molecule has 2 aromatic heterocycles. The zero-order chi connectivity index (χ0) is 22.1. The van der Waals surface area contributed by atoms with Crippen molar-refractivity contribution in [3.8, 4) is 11.5 Å². The van der Waals surface area contributed by atoms with Crippen LogP contribution in [0.25, 0.3) is 0 Å². The molecule has 0 radical (unpaired) electrons. The van der Waals surface area contributed by atoms with E-state index in [1.165, 1.54) is 25.3 Å². The predicted octanol–water partition coefficient (Wildman–Crippen LogP) is 5.95. The molecule has 0 fully saturated rings. The summed E-state index contributed by atoms with van der Waals surface area (Å²) < 4.78 is 58.7. The topological polar surface area (TPSA) is 64.1 Å². The molecule has 0 bridgehead atoms. The number of hydrogen-bond donors (Lipinski definition) is 1. The minimum atomic E-state index is -4.78. The molecule has 0 aliphatic rings. The van der Waals surface area contributed by atoms with Gasteiger partial charge in [0.1, 0.15) is 11.5 Å². The summed E-state index contributed by atoms with van der Waals surface area (Å²) in [6, 6.07) is 6.78. The van der Waals surface area contributed by atoms with E-state index in [-0.39, 0.29) is 17.0 Å². The lowest BCUT2D eigenvalue weighted by molar-refractivity contribution is -0.137. The van der Waals surface area contributed by atoms with Gasteiger partial charge in [0, 0.05) is 17.6 Å². The van der Waals surface area contributed by atoms with Gasteiger partial charge in [0.25, 0.3) is 5.91 Å². The molecule has 10 heteroatoms. The lowest BCUT2D eigenvalue weighted by atomic mass is 10.1. The molecule has 156 valence electrons. The number of alkyl halides is 3. The quantitative estimate of drug-likeness (QED) is 0.403. The van der Waals surface area contributed by atoms with Gasteiger partial charge in [-0.2, -0.15) is 17.6 Å². The van der Waals surface area contributed by atoms with E-state index >= 15 is 0 Å². The number of anilines is 1. The third-order valence-corrected chi connectivity index (χ3v) is 4.31. The molecule has 3 aromatic rings. The number of carbonyl (C=O) groups excluding carboxylic acids is 1. The fourth-order valence-corrected chi connectivity index (χ4v) is 2.87. The summed E-state index contributed by atoms with van der Waals surface area (Å²) in [5.41, 5.74) is -0.319. The van der Waals surface area contributed by atoms with Crippen LogP contribution in [0, 0.1) is 19.8 Å². The molecule has 1 N–H and O–H groups in total. The summed E-state index contributed by atoms with van der Waals surface area (Å²) >= 11 is 5.79. The van der Waals surface area contributed by atoms with Crippen LogP contribution in [0.4, 0.5) is 23.2 Å². The molecule has 0 spiro atoms. The summed E-state index contributed by atoms with van der Waals surface area (Å²) in [7, 11) is 0. The van der Waals surface area contributed by atoms with Crippen molar-refractivity contribution >= 4 is 23.2 Å². The highest BCUT2D eigenvalue weighted by Crippen LogP contribution is 2.40. The minimum Gasteiger partial charge on any atom is -0.455 e. The zero-order valence-corrected chi connectivity index (χ0v) is 16.4. The van der Waals surface area contributed by atoms with Crippen molar-refractivity contribution in [3.63, 3.8) is 0 Å². The van der Waals surface area contributed by atoms with Crippen LogP contribution in [0.3, 0.4) is 0 Å². The predicted molar refractivity (Wildman–Crippen MR) is 102 cm³/mol. The number of nitrogens with zero attached hydrogens (tertiary/aromatic N) is 2. The average molecular weight is 440 g/mol. The van der Waals surface area contributed by atoms with Crippen LogP contribution < -0.4 is 10.1 Å². The fourth-order valence-electron chi connectivity index (χ4n) is 2.60. The van der Waals surface area contributed by atoms with E-state index in [4.69, 9.17) is 16.3 Å². The van der Waals surface area contributed by atoms with E-state index in [9.17, 15) is 22.4 Å². The number of halogens is 5. The number of nitrogens with one attached hydrogen (secondary N) is 1. The second-order valence-corrected chi connectivity index (χ2v) is 6.69. The maximum Gasteiger partial charge on any atom is 0.417 e. The van der Waals surface area contributed by atoms with E-state index < -0.39 is 34.4 Å². The Morgan fingerprint density at radius 2 is 1.83 bits per heavy atom. The van der Waals surface area contributed by atoms with Crippen LogP contribution in [0.2, 0.25) is 5.02 Å². The number of aromatic nitrogens is 2. The van der Waals surface area contributed by atoms with Gasteiger partial charge in [0.2, 0.25) is 5.95 Å². The van der Waals surface area contributed by atoms with Gasteiger partial charge in [-0.1, -0.05) is 11.6 Å². The van der Waals surface area contributed by atoms with Gasteiger partial charge in [-0.25, -0.2) is 4.98 Å². The third-order valence-electron chi connectivity index (χ3n) is 4.00. The number of amides is 1. The Morgan fingerprint density at radius 3 is 2.47 bits per heavy atom. The van der Waals surface area contributed by atoms with Gasteiger partial charge < -0.3 is 10.1 Å². The monoisotopic (exact) mass is 439 g/mol. The van der Waals surface area contributed by atoms with Crippen molar-refractivity contribution in [2.75, 3.05) is 5.32 Å². The van der Waals surface area contributed by atoms with Crippen molar-refractivity contribution in [2.45, 2.75) is 20.0 Å². The van der Waals surface area contributed by atoms with E-state index in [0.29, 0.717) is 17.4 Å². The van der Waals surface area contributed by atoms with Crippen LogP contribution in [-0.2, 0) is 6.18 Å². The maximum atomic E-state index is 13.3. The molecule has 0 saturated carbocycles. The molecule has 3 rings (SSSR count). The smallest absolute Gasteiger partial charge is 0.417 e. The molecule has 0 aliphatic heterocycles. The molecular formula is C20H14ClF4N3O2. The second kappa shape index (κ2) is 8.27. The molecule has 0 saturated heterocycles. The number of aryl methyl sites for hydroxylation is 2. The summed E-state index contributed by atoms with van der Waals surface area (Å²) in [5.74, 6) is -1.95. The number of hydrogen-bond acceptors (Lipinski definition) is 4. The Morgan fingerprint density at radius 1 is 1.10 bits per heavy atom. The third kappa shape index (κ3) is 4.85. The summed E-state index contributed by atoms with van der Waals surface area (Å²) in [4.78, 5) is 20.3. The van der Waals surface area contributed by atoms with Crippen LogP contribution in [0.1, 0.15) is 27.3 Å². The van der Waals surface area contributed by atoms with Crippen LogP contribution >= 0.6 is 11.6 Å². The first kappa shape index (κ1) is 21.5. The molecule has 0 aliphatic carbocycles. The minimum absolute atomic E-state index is 0.0133. The number of ether oxygens (including phenoxy) is 1. The van der Waals surface area contributed by atoms with Crippen molar-refractivity contribution in [3.05, 3.63) is 76.1 Å². The summed E-state index contributed by atoms with van der Waals surface area (Å²) in [6.07, 6.45) is -3.31. The van der Waals surface area contributed by atoms with Gasteiger partial charge >= 0.3 is 6.18 Å². The molecular weight excluding hydrogens is 426 g/mol. The van der Waals surface area contributed by atoms with Gasteiger partial charge in [0.15, 0.2) is 0 Å².